The van der Waals surface area contributed by atoms with Crippen LogP contribution < -0.4 is 5.73 Å². The van der Waals surface area contributed by atoms with Crippen LogP contribution in [0.1, 0.15) is 28.4 Å². The van der Waals surface area contributed by atoms with Crippen molar-refractivity contribution in [3.8, 4) is 0 Å². The van der Waals surface area contributed by atoms with Gasteiger partial charge < -0.3 is 5.73 Å². The highest BCUT2D eigenvalue weighted by Crippen LogP contribution is 2.30. The average Bonchev–Trinajstić information content (AvgIpc) is 2.47. The monoisotopic (exact) mass is 287 g/mol. The van der Waals surface area contributed by atoms with Crippen molar-refractivity contribution >= 4 is 10.8 Å². The highest BCUT2D eigenvalue weighted by molar-refractivity contribution is 7.85. The molecule has 2 rings (SSSR count). The van der Waals surface area contributed by atoms with E-state index in [0.29, 0.717) is 6.54 Å². The molecule has 0 aromatic heterocycles. The van der Waals surface area contributed by atoms with E-state index in [1.807, 2.05) is 56.3 Å². The Hall–Kier alpha value is -1.45. The first-order valence-corrected chi connectivity index (χ1v) is 8.07. The molecular weight excluding hydrogens is 266 g/mol. The van der Waals surface area contributed by atoms with Crippen LogP contribution in [-0.2, 0) is 10.8 Å². The molecule has 2 unspecified atom stereocenters. The van der Waals surface area contributed by atoms with Gasteiger partial charge in [0.1, 0.15) is 0 Å². The minimum Gasteiger partial charge on any atom is -0.330 e. The summed E-state index contributed by atoms with van der Waals surface area (Å²) in [6, 6.07) is 16.1. The van der Waals surface area contributed by atoms with Crippen LogP contribution in [0.5, 0.6) is 0 Å². The molecule has 0 amide bonds. The summed E-state index contributed by atoms with van der Waals surface area (Å²) < 4.78 is 13.0. The number of hydrogen-bond acceptors (Lipinski definition) is 2. The molecule has 0 heterocycles. The summed E-state index contributed by atoms with van der Waals surface area (Å²) in [5.41, 5.74) is 9.02. The molecule has 0 fully saturated rings. The van der Waals surface area contributed by atoms with Crippen LogP contribution in [0.2, 0.25) is 0 Å². The van der Waals surface area contributed by atoms with Gasteiger partial charge in [-0.2, -0.15) is 0 Å². The van der Waals surface area contributed by atoms with Crippen molar-refractivity contribution < 1.29 is 4.21 Å². The second-order valence-electron chi connectivity index (χ2n) is 5.04. The SMILES string of the molecule is Cc1ccc(C)c(S(=O)C(CCN)c2ccccc2)c1. The Morgan fingerprint density at radius 3 is 2.45 bits per heavy atom. The predicted octanol–water partition coefficient (Wildman–Crippen LogP) is 3.50. The van der Waals surface area contributed by atoms with Gasteiger partial charge in [-0.15, -0.1) is 0 Å². The summed E-state index contributed by atoms with van der Waals surface area (Å²) in [5.74, 6) is 0. The Morgan fingerprint density at radius 1 is 1.10 bits per heavy atom. The van der Waals surface area contributed by atoms with Gasteiger partial charge in [-0.25, -0.2) is 0 Å². The molecule has 0 saturated heterocycles. The van der Waals surface area contributed by atoms with Crippen molar-refractivity contribution in [2.24, 2.45) is 5.73 Å². The molecule has 2 nitrogen and oxygen atoms in total. The summed E-state index contributed by atoms with van der Waals surface area (Å²) in [6.07, 6.45) is 0.726. The first-order chi connectivity index (χ1) is 9.63. The zero-order valence-electron chi connectivity index (χ0n) is 12.0. The van der Waals surface area contributed by atoms with Crippen molar-refractivity contribution in [2.75, 3.05) is 6.54 Å². The zero-order valence-corrected chi connectivity index (χ0v) is 12.8. The Balaban J connectivity index is 2.39. The van der Waals surface area contributed by atoms with E-state index in [2.05, 4.69) is 6.07 Å². The maximum atomic E-state index is 13.0. The molecule has 20 heavy (non-hydrogen) atoms. The molecular formula is C17H21NOS. The maximum Gasteiger partial charge on any atom is 0.0655 e. The van der Waals surface area contributed by atoms with Crippen LogP contribution in [-0.4, -0.2) is 10.8 Å². The number of nitrogens with two attached hydrogens (primary N) is 1. The van der Waals surface area contributed by atoms with Gasteiger partial charge in [-0.05, 0) is 49.6 Å². The standard InChI is InChI=1S/C17H21NOS/c1-13-8-9-14(2)17(12-13)20(19)16(10-11-18)15-6-4-3-5-7-15/h3-9,12,16H,10-11,18H2,1-2H3. The molecule has 2 aromatic carbocycles. The summed E-state index contributed by atoms with van der Waals surface area (Å²) in [6.45, 7) is 4.58. The van der Waals surface area contributed by atoms with Gasteiger partial charge in [0.25, 0.3) is 0 Å². The van der Waals surface area contributed by atoms with Crippen LogP contribution in [0, 0.1) is 13.8 Å². The first kappa shape index (κ1) is 14.9. The minimum absolute atomic E-state index is 0.0401. The molecule has 2 N–H and O–H groups in total. The third kappa shape index (κ3) is 3.35. The lowest BCUT2D eigenvalue weighted by molar-refractivity contribution is 0.663. The molecule has 0 aliphatic rings. The van der Waals surface area contributed by atoms with E-state index in [1.165, 1.54) is 0 Å². The van der Waals surface area contributed by atoms with Crippen molar-refractivity contribution in [3.63, 3.8) is 0 Å². The molecule has 106 valence electrons. The van der Waals surface area contributed by atoms with Gasteiger partial charge in [-0.3, -0.25) is 4.21 Å². The summed E-state index contributed by atoms with van der Waals surface area (Å²) in [7, 11) is -1.07. The Morgan fingerprint density at radius 2 is 1.80 bits per heavy atom. The second-order valence-corrected chi connectivity index (χ2v) is 6.65. The van der Waals surface area contributed by atoms with Crippen molar-refractivity contribution in [1.29, 1.82) is 0 Å². The zero-order chi connectivity index (χ0) is 14.5. The quantitative estimate of drug-likeness (QED) is 0.914. The van der Waals surface area contributed by atoms with E-state index >= 15 is 0 Å². The van der Waals surface area contributed by atoms with Crippen LogP contribution in [0.3, 0.4) is 0 Å². The predicted molar refractivity (Wildman–Crippen MR) is 85.2 cm³/mol. The largest absolute Gasteiger partial charge is 0.330 e. The molecule has 2 atom stereocenters. The minimum atomic E-state index is -1.07. The Bertz CT molecular complexity index is 595. The fourth-order valence-corrected chi connectivity index (χ4v) is 4.04. The third-order valence-electron chi connectivity index (χ3n) is 3.42. The molecule has 0 saturated carbocycles. The van der Waals surface area contributed by atoms with Gasteiger partial charge >= 0.3 is 0 Å². The molecule has 0 aliphatic carbocycles. The van der Waals surface area contributed by atoms with Gasteiger partial charge in [0.2, 0.25) is 0 Å². The Labute approximate surface area is 123 Å². The molecule has 0 radical (unpaired) electrons. The molecule has 3 heteroatoms. The van der Waals surface area contributed by atoms with Crippen molar-refractivity contribution in [3.05, 3.63) is 65.2 Å². The van der Waals surface area contributed by atoms with Gasteiger partial charge in [0.15, 0.2) is 0 Å². The van der Waals surface area contributed by atoms with E-state index in [9.17, 15) is 4.21 Å². The van der Waals surface area contributed by atoms with Gasteiger partial charge in [-0.1, -0.05) is 42.5 Å². The number of aryl methyl sites for hydroxylation is 2. The lowest BCUT2D eigenvalue weighted by Crippen LogP contribution is -2.13. The fourth-order valence-electron chi connectivity index (χ4n) is 2.29. The van der Waals surface area contributed by atoms with Gasteiger partial charge in [0, 0.05) is 4.90 Å². The van der Waals surface area contributed by atoms with Crippen LogP contribution in [0.25, 0.3) is 0 Å². The van der Waals surface area contributed by atoms with Gasteiger partial charge in [0.05, 0.1) is 16.0 Å². The highest BCUT2D eigenvalue weighted by atomic mass is 32.2. The van der Waals surface area contributed by atoms with Crippen LogP contribution >= 0.6 is 0 Å². The van der Waals surface area contributed by atoms with Crippen molar-refractivity contribution in [2.45, 2.75) is 30.4 Å². The lowest BCUT2D eigenvalue weighted by atomic mass is 10.1. The molecule has 2 aromatic rings. The number of benzene rings is 2. The van der Waals surface area contributed by atoms with E-state index < -0.39 is 10.8 Å². The third-order valence-corrected chi connectivity index (χ3v) is 5.32. The topological polar surface area (TPSA) is 43.1 Å². The second kappa shape index (κ2) is 6.82. The molecule has 0 spiro atoms. The first-order valence-electron chi connectivity index (χ1n) is 6.86. The fraction of sp³-hybridized carbons (Fsp3) is 0.294. The Kier molecular flexibility index (Phi) is 5.10. The van der Waals surface area contributed by atoms with Crippen LogP contribution in [0.4, 0.5) is 0 Å². The summed E-state index contributed by atoms with van der Waals surface area (Å²) >= 11 is 0. The highest BCUT2D eigenvalue weighted by Gasteiger charge is 2.21. The normalized spacial score (nSPS) is 13.9. The molecule has 0 aliphatic heterocycles. The smallest absolute Gasteiger partial charge is 0.0655 e. The number of hydrogen-bond donors (Lipinski definition) is 1. The number of rotatable bonds is 5. The summed E-state index contributed by atoms with van der Waals surface area (Å²) in [4.78, 5) is 0.923. The summed E-state index contributed by atoms with van der Waals surface area (Å²) in [5, 5.41) is -0.0401. The molecule has 0 bridgehead atoms. The average molecular weight is 287 g/mol. The van der Waals surface area contributed by atoms with E-state index in [-0.39, 0.29) is 5.25 Å². The maximum absolute atomic E-state index is 13.0. The van der Waals surface area contributed by atoms with Crippen LogP contribution in [0.15, 0.2) is 53.4 Å². The van der Waals surface area contributed by atoms with E-state index in [0.717, 1.165) is 28.0 Å². The van der Waals surface area contributed by atoms with Crippen molar-refractivity contribution in [1.82, 2.24) is 0 Å². The van der Waals surface area contributed by atoms with E-state index in [1.54, 1.807) is 0 Å². The van der Waals surface area contributed by atoms with E-state index in [4.69, 9.17) is 5.73 Å². The lowest BCUT2D eigenvalue weighted by Gasteiger charge is -2.18.